The topological polar surface area (TPSA) is 69.9 Å². The Balaban J connectivity index is 0.942. The van der Waals surface area contributed by atoms with Gasteiger partial charge in [0.25, 0.3) is 0 Å². The van der Waals surface area contributed by atoms with Crippen molar-refractivity contribution in [3.8, 4) is 62.1 Å². The van der Waals surface area contributed by atoms with Crippen LogP contribution in [0.3, 0.4) is 0 Å². The fourth-order valence-corrected chi connectivity index (χ4v) is 9.26. The molecule has 0 aliphatic rings. The number of para-hydroxylation sites is 3. The molecule has 63 heavy (non-hydrogen) atoms. The number of hydrogen-bond donors (Lipinski definition) is 0. The van der Waals surface area contributed by atoms with E-state index in [4.69, 9.17) is 23.8 Å². The summed E-state index contributed by atoms with van der Waals surface area (Å²) in [5.41, 5.74) is 13.8. The highest BCUT2D eigenvalue weighted by Crippen LogP contribution is 2.42. The molecule has 0 atom stereocenters. The normalized spacial score (nSPS) is 11.8. The minimum atomic E-state index is 0.558. The smallest absolute Gasteiger partial charge is 0.164 e. The van der Waals surface area contributed by atoms with Crippen LogP contribution in [-0.4, -0.2) is 19.5 Å². The molecule has 0 amide bonds. The van der Waals surface area contributed by atoms with Crippen LogP contribution in [0.1, 0.15) is 0 Å². The Bertz CT molecular complexity index is 3900. The lowest BCUT2D eigenvalue weighted by Crippen LogP contribution is -2.00. The van der Waals surface area contributed by atoms with Crippen LogP contribution < -0.4 is 0 Å². The van der Waals surface area contributed by atoms with Gasteiger partial charge in [0.1, 0.15) is 22.3 Å². The molecule has 0 spiro atoms. The predicted molar refractivity (Wildman–Crippen MR) is 256 cm³/mol. The maximum atomic E-state index is 6.74. The van der Waals surface area contributed by atoms with Gasteiger partial charge in [-0.1, -0.05) is 140 Å². The van der Waals surface area contributed by atoms with E-state index in [-0.39, 0.29) is 0 Å². The van der Waals surface area contributed by atoms with E-state index in [9.17, 15) is 0 Å². The second-order valence-electron chi connectivity index (χ2n) is 16.0. The van der Waals surface area contributed by atoms with Gasteiger partial charge < -0.3 is 13.4 Å². The molecule has 6 nitrogen and oxygen atoms in total. The van der Waals surface area contributed by atoms with Gasteiger partial charge >= 0.3 is 0 Å². The Kier molecular flexibility index (Phi) is 7.80. The number of aromatic nitrogens is 4. The van der Waals surface area contributed by atoms with E-state index in [2.05, 4.69) is 150 Å². The van der Waals surface area contributed by atoms with Crippen molar-refractivity contribution in [3.63, 3.8) is 0 Å². The number of furan rings is 2. The summed E-state index contributed by atoms with van der Waals surface area (Å²) in [4.78, 5) is 15.1. The van der Waals surface area contributed by atoms with Gasteiger partial charge in [-0.2, -0.15) is 0 Å². The summed E-state index contributed by atoms with van der Waals surface area (Å²) < 4.78 is 15.4. The highest BCUT2D eigenvalue weighted by atomic mass is 16.3. The molecule has 0 saturated heterocycles. The minimum Gasteiger partial charge on any atom is -0.456 e. The zero-order valence-electron chi connectivity index (χ0n) is 33.7. The zero-order chi connectivity index (χ0) is 41.4. The molecule has 0 aliphatic carbocycles. The fourth-order valence-electron chi connectivity index (χ4n) is 9.26. The van der Waals surface area contributed by atoms with Crippen LogP contribution in [-0.2, 0) is 0 Å². The van der Waals surface area contributed by atoms with Crippen LogP contribution in [0.4, 0.5) is 0 Å². The van der Waals surface area contributed by atoms with Gasteiger partial charge in [-0.05, 0) is 83.4 Å². The molecule has 0 fully saturated rings. The number of fused-ring (bicyclic) bond motifs is 9. The van der Waals surface area contributed by atoms with Crippen molar-refractivity contribution in [2.45, 2.75) is 0 Å². The van der Waals surface area contributed by atoms with Crippen molar-refractivity contribution in [3.05, 3.63) is 206 Å². The molecule has 4 aromatic heterocycles. The van der Waals surface area contributed by atoms with Gasteiger partial charge in [0, 0.05) is 60.3 Å². The largest absolute Gasteiger partial charge is 0.456 e. The van der Waals surface area contributed by atoms with Crippen molar-refractivity contribution >= 4 is 65.7 Å². The molecule has 0 unspecified atom stereocenters. The highest BCUT2D eigenvalue weighted by Gasteiger charge is 2.20. The second kappa shape index (κ2) is 14.0. The first-order chi connectivity index (χ1) is 31.2. The van der Waals surface area contributed by atoms with Crippen molar-refractivity contribution in [1.82, 2.24) is 19.5 Å². The van der Waals surface area contributed by atoms with E-state index in [1.807, 2.05) is 60.7 Å². The van der Waals surface area contributed by atoms with Crippen LogP contribution in [0.2, 0.25) is 0 Å². The van der Waals surface area contributed by atoms with Crippen LogP contribution in [0.5, 0.6) is 0 Å². The average molecular weight is 807 g/mol. The predicted octanol–water partition coefficient (Wildman–Crippen LogP) is 15.1. The molecular weight excluding hydrogens is 773 g/mol. The lowest BCUT2D eigenvalue weighted by Gasteiger charge is -2.12. The third kappa shape index (κ3) is 5.76. The van der Waals surface area contributed by atoms with Gasteiger partial charge in [-0.3, -0.25) is 0 Å². The molecule has 13 rings (SSSR count). The molecule has 0 saturated carbocycles. The molecule has 294 valence electrons. The van der Waals surface area contributed by atoms with Gasteiger partial charge in [-0.15, -0.1) is 0 Å². The van der Waals surface area contributed by atoms with Crippen molar-refractivity contribution in [1.29, 1.82) is 0 Å². The number of nitrogens with zero attached hydrogens (tertiary/aromatic N) is 4. The van der Waals surface area contributed by atoms with Crippen LogP contribution >= 0.6 is 0 Å². The summed E-state index contributed by atoms with van der Waals surface area (Å²) in [5, 5.41) is 6.61. The summed E-state index contributed by atoms with van der Waals surface area (Å²) in [6.07, 6.45) is 0. The van der Waals surface area contributed by atoms with Gasteiger partial charge in [0.2, 0.25) is 0 Å². The molecule has 0 aliphatic heterocycles. The first-order valence-corrected chi connectivity index (χ1v) is 21.1. The van der Waals surface area contributed by atoms with E-state index in [0.29, 0.717) is 17.5 Å². The summed E-state index contributed by atoms with van der Waals surface area (Å²) in [6, 6.07) is 71.7. The maximum absolute atomic E-state index is 6.74. The van der Waals surface area contributed by atoms with E-state index < -0.39 is 0 Å². The standard InChI is InChI=1S/C57H34N4O2/c1-4-13-35(14-5-1)37-26-30-49-48(31-37)47-21-12-20-42(54(47)61(49)41-17-8-3-9-18-41)38-23-27-45-46-29-25-40(34-53(46)63-51(45)32-38)57-59-55(36-15-6-2-7-16-36)58-56(60-57)39-24-28-44-43-19-10-11-22-50(43)62-52(44)33-39/h1-34H. The molecule has 13 aromatic rings. The van der Waals surface area contributed by atoms with Crippen molar-refractivity contribution < 1.29 is 8.83 Å². The molecule has 9 aromatic carbocycles. The molecular formula is C57H34N4O2. The van der Waals surface area contributed by atoms with Gasteiger partial charge in [0.15, 0.2) is 17.5 Å². The summed E-state index contributed by atoms with van der Waals surface area (Å²) in [6.45, 7) is 0. The number of benzene rings is 9. The monoisotopic (exact) mass is 806 g/mol. The quantitative estimate of drug-likeness (QED) is 0.167. The lowest BCUT2D eigenvalue weighted by atomic mass is 9.99. The summed E-state index contributed by atoms with van der Waals surface area (Å²) in [7, 11) is 0. The Morgan fingerprint density at radius 1 is 0.302 bits per heavy atom. The Labute approximate surface area is 361 Å². The highest BCUT2D eigenvalue weighted by molar-refractivity contribution is 6.15. The van der Waals surface area contributed by atoms with E-state index in [1.54, 1.807) is 0 Å². The van der Waals surface area contributed by atoms with Crippen molar-refractivity contribution in [2.75, 3.05) is 0 Å². The SMILES string of the molecule is c1ccc(-c2ccc3c(c2)c2cccc(-c4ccc5c(c4)oc4cc(-c6nc(-c7ccccc7)nc(-c7ccc8c(c7)oc7ccccc78)n6)ccc45)c2n3-c2ccccc2)cc1. The molecule has 0 N–H and O–H groups in total. The van der Waals surface area contributed by atoms with Gasteiger partial charge in [-0.25, -0.2) is 15.0 Å². The third-order valence-electron chi connectivity index (χ3n) is 12.3. The van der Waals surface area contributed by atoms with Crippen LogP contribution in [0.25, 0.3) is 128 Å². The zero-order valence-corrected chi connectivity index (χ0v) is 33.7. The molecule has 0 radical (unpaired) electrons. The van der Waals surface area contributed by atoms with Crippen LogP contribution in [0.15, 0.2) is 215 Å². The van der Waals surface area contributed by atoms with Crippen LogP contribution in [0, 0.1) is 0 Å². The van der Waals surface area contributed by atoms with E-state index in [0.717, 1.165) is 88.4 Å². The van der Waals surface area contributed by atoms with E-state index in [1.165, 1.54) is 21.9 Å². The molecule has 4 heterocycles. The minimum absolute atomic E-state index is 0.558. The molecule has 0 bridgehead atoms. The lowest BCUT2D eigenvalue weighted by molar-refractivity contribution is 0.669. The Morgan fingerprint density at radius 2 is 0.794 bits per heavy atom. The van der Waals surface area contributed by atoms with Crippen molar-refractivity contribution in [2.24, 2.45) is 0 Å². The molecule has 6 heteroatoms. The average Bonchev–Trinajstić information content (AvgIpc) is 4.03. The second-order valence-corrected chi connectivity index (χ2v) is 16.0. The summed E-state index contributed by atoms with van der Waals surface area (Å²) in [5.74, 6) is 1.71. The van der Waals surface area contributed by atoms with Gasteiger partial charge in [0.05, 0.1) is 11.0 Å². The summed E-state index contributed by atoms with van der Waals surface area (Å²) >= 11 is 0. The maximum Gasteiger partial charge on any atom is 0.164 e. The number of rotatable bonds is 6. The Hall–Kier alpha value is -8.61. The fraction of sp³-hybridized carbons (Fsp3) is 0. The van der Waals surface area contributed by atoms with E-state index >= 15 is 0 Å². The first kappa shape index (κ1) is 35.2. The number of hydrogen-bond acceptors (Lipinski definition) is 5. The Morgan fingerprint density at radius 3 is 1.46 bits per heavy atom. The first-order valence-electron chi connectivity index (χ1n) is 21.1. The third-order valence-corrected chi connectivity index (χ3v) is 12.3.